The Hall–Kier alpha value is -1.64. The molecule has 0 fully saturated rings. The lowest BCUT2D eigenvalue weighted by Crippen LogP contribution is -1.93. The lowest BCUT2D eigenvalue weighted by Gasteiger charge is -1.92. The van der Waals surface area contributed by atoms with E-state index in [1.807, 2.05) is 48.1 Å². The van der Waals surface area contributed by atoms with Gasteiger partial charge in [-0.05, 0) is 6.92 Å². The van der Waals surface area contributed by atoms with Crippen molar-refractivity contribution in [3.05, 3.63) is 36.5 Å². The number of nitrogens with zero attached hydrogens (tertiary/aromatic N) is 3. The summed E-state index contributed by atoms with van der Waals surface area (Å²) in [7, 11) is 0. The van der Waals surface area contributed by atoms with Gasteiger partial charge in [-0.15, -0.1) is 5.10 Å². The van der Waals surface area contributed by atoms with Gasteiger partial charge < -0.3 is 0 Å². The van der Waals surface area contributed by atoms with Gasteiger partial charge in [-0.2, -0.15) is 0 Å². The Morgan fingerprint density at radius 2 is 2.00 bits per heavy atom. The van der Waals surface area contributed by atoms with Crippen molar-refractivity contribution in [3.63, 3.8) is 0 Å². The second-order valence-electron chi connectivity index (χ2n) is 2.83. The van der Waals surface area contributed by atoms with Crippen LogP contribution in [-0.4, -0.2) is 15.0 Å². The van der Waals surface area contributed by atoms with Gasteiger partial charge in [-0.25, -0.2) is 0 Å². The Morgan fingerprint density at radius 3 is 2.62 bits per heavy atom. The summed E-state index contributed by atoms with van der Waals surface area (Å²) in [5.41, 5.74) is 2.05. The van der Waals surface area contributed by atoms with Crippen LogP contribution >= 0.6 is 0 Å². The topological polar surface area (TPSA) is 30.7 Å². The fourth-order valence-corrected chi connectivity index (χ4v) is 1.19. The minimum atomic E-state index is 0.861. The van der Waals surface area contributed by atoms with Crippen LogP contribution in [0.15, 0.2) is 36.5 Å². The van der Waals surface area contributed by atoms with Crippen LogP contribution < -0.4 is 0 Å². The summed E-state index contributed by atoms with van der Waals surface area (Å²) in [6, 6.07) is 10.1. The second kappa shape index (κ2) is 3.39. The number of aryl methyl sites for hydroxylation is 1. The molecule has 0 atom stereocenters. The molecule has 2 aromatic rings. The SMILES string of the molecule is CCn1cc(-c2ccccc2)nn1. The lowest BCUT2D eigenvalue weighted by molar-refractivity contribution is 0.627. The molecule has 13 heavy (non-hydrogen) atoms. The zero-order valence-corrected chi connectivity index (χ0v) is 7.51. The fraction of sp³-hybridized carbons (Fsp3) is 0.200. The molecule has 0 saturated heterocycles. The predicted molar refractivity (Wildman–Crippen MR) is 51.1 cm³/mol. The molecule has 0 aliphatic rings. The first-order chi connectivity index (χ1) is 6.40. The Bertz CT molecular complexity index is 378. The van der Waals surface area contributed by atoms with Gasteiger partial charge in [0.15, 0.2) is 0 Å². The molecule has 0 aliphatic carbocycles. The molecule has 1 aromatic heterocycles. The third kappa shape index (κ3) is 1.59. The van der Waals surface area contributed by atoms with Crippen molar-refractivity contribution in [2.24, 2.45) is 0 Å². The van der Waals surface area contributed by atoms with E-state index in [-0.39, 0.29) is 0 Å². The van der Waals surface area contributed by atoms with E-state index in [9.17, 15) is 0 Å². The van der Waals surface area contributed by atoms with E-state index >= 15 is 0 Å². The summed E-state index contributed by atoms with van der Waals surface area (Å²) >= 11 is 0. The molecule has 0 N–H and O–H groups in total. The standard InChI is InChI=1S/C10H11N3/c1-2-13-8-10(11-12-13)9-6-4-3-5-7-9/h3-8H,2H2,1H3. The second-order valence-corrected chi connectivity index (χ2v) is 2.83. The Kier molecular flexibility index (Phi) is 2.08. The largest absolute Gasteiger partial charge is 0.252 e. The summed E-state index contributed by atoms with van der Waals surface area (Å²) in [6.45, 7) is 2.91. The van der Waals surface area contributed by atoms with Gasteiger partial charge in [0.25, 0.3) is 0 Å². The van der Waals surface area contributed by atoms with Crippen LogP contribution in [0.25, 0.3) is 11.3 Å². The highest BCUT2D eigenvalue weighted by Crippen LogP contribution is 2.14. The third-order valence-electron chi connectivity index (χ3n) is 1.93. The maximum Gasteiger partial charge on any atom is 0.113 e. The van der Waals surface area contributed by atoms with Crippen molar-refractivity contribution in [3.8, 4) is 11.3 Å². The summed E-state index contributed by atoms with van der Waals surface area (Å²) in [4.78, 5) is 0. The van der Waals surface area contributed by atoms with E-state index in [2.05, 4.69) is 10.3 Å². The van der Waals surface area contributed by atoms with E-state index in [0.29, 0.717) is 0 Å². The van der Waals surface area contributed by atoms with Crippen LogP contribution in [0, 0.1) is 0 Å². The summed E-state index contributed by atoms with van der Waals surface area (Å²) in [6.07, 6.45) is 1.95. The van der Waals surface area contributed by atoms with Gasteiger partial charge >= 0.3 is 0 Å². The van der Waals surface area contributed by atoms with Crippen LogP contribution in [0.1, 0.15) is 6.92 Å². The van der Waals surface area contributed by atoms with Gasteiger partial charge in [-0.3, -0.25) is 4.68 Å². The number of aromatic nitrogens is 3. The fourth-order valence-electron chi connectivity index (χ4n) is 1.19. The molecule has 0 unspecified atom stereocenters. The van der Waals surface area contributed by atoms with Gasteiger partial charge in [0.2, 0.25) is 0 Å². The normalized spacial score (nSPS) is 10.2. The predicted octanol–water partition coefficient (Wildman–Crippen LogP) is 1.96. The Balaban J connectivity index is 2.36. The molecule has 0 saturated carbocycles. The van der Waals surface area contributed by atoms with E-state index in [1.165, 1.54) is 0 Å². The van der Waals surface area contributed by atoms with Crippen molar-refractivity contribution in [2.45, 2.75) is 13.5 Å². The maximum atomic E-state index is 4.07. The van der Waals surface area contributed by atoms with E-state index in [0.717, 1.165) is 17.8 Å². The quantitative estimate of drug-likeness (QED) is 0.695. The maximum absolute atomic E-state index is 4.07. The molecule has 1 heterocycles. The lowest BCUT2D eigenvalue weighted by atomic mass is 10.2. The molecule has 1 aromatic carbocycles. The van der Waals surface area contributed by atoms with Gasteiger partial charge in [0.1, 0.15) is 5.69 Å². The Morgan fingerprint density at radius 1 is 1.23 bits per heavy atom. The van der Waals surface area contributed by atoms with E-state index in [4.69, 9.17) is 0 Å². The van der Waals surface area contributed by atoms with Crippen LogP contribution in [0.2, 0.25) is 0 Å². The van der Waals surface area contributed by atoms with E-state index in [1.54, 1.807) is 0 Å². The van der Waals surface area contributed by atoms with Gasteiger partial charge in [-0.1, -0.05) is 35.5 Å². The first-order valence-electron chi connectivity index (χ1n) is 4.35. The van der Waals surface area contributed by atoms with Crippen LogP contribution in [0.3, 0.4) is 0 Å². The van der Waals surface area contributed by atoms with Crippen molar-refractivity contribution in [2.75, 3.05) is 0 Å². The first kappa shape index (κ1) is 7.98. The zero-order chi connectivity index (χ0) is 9.10. The minimum absolute atomic E-state index is 0.861. The van der Waals surface area contributed by atoms with Crippen molar-refractivity contribution >= 4 is 0 Å². The molecule has 0 aliphatic heterocycles. The molecule has 3 nitrogen and oxygen atoms in total. The first-order valence-corrected chi connectivity index (χ1v) is 4.35. The van der Waals surface area contributed by atoms with Gasteiger partial charge in [0, 0.05) is 12.1 Å². The minimum Gasteiger partial charge on any atom is -0.252 e. The number of hydrogen-bond donors (Lipinski definition) is 0. The molecule has 0 radical (unpaired) electrons. The van der Waals surface area contributed by atoms with Crippen molar-refractivity contribution in [1.29, 1.82) is 0 Å². The zero-order valence-electron chi connectivity index (χ0n) is 7.51. The van der Waals surface area contributed by atoms with Crippen LogP contribution in [0.5, 0.6) is 0 Å². The average molecular weight is 173 g/mol. The average Bonchev–Trinajstić information content (AvgIpc) is 2.67. The summed E-state index contributed by atoms with van der Waals surface area (Å²) < 4.78 is 1.82. The van der Waals surface area contributed by atoms with Crippen LogP contribution in [-0.2, 0) is 6.54 Å². The number of rotatable bonds is 2. The molecular formula is C10H11N3. The van der Waals surface area contributed by atoms with Crippen molar-refractivity contribution < 1.29 is 0 Å². The smallest absolute Gasteiger partial charge is 0.113 e. The van der Waals surface area contributed by atoms with Crippen LogP contribution in [0.4, 0.5) is 0 Å². The molecule has 2 rings (SSSR count). The molecule has 0 spiro atoms. The molecular weight excluding hydrogens is 162 g/mol. The summed E-state index contributed by atoms with van der Waals surface area (Å²) in [5.74, 6) is 0. The monoisotopic (exact) mass is 173 g/mol. The highest BCUT2D eigenvalue weighted by atomic mass is 15.4. The van der Waals surface area contributed by atoms with Gasteiger partial charge in [0.05, 0.1) is 6.20 Å². The number of hydrogen-bond acceptors (Lipinski definition) is 2. The highest BCUT2D eigenvalue weighted by Gasteiger charge is 2.00. The van der Waals surface area contributed by atoms with E-state index < -0.39 is 0 Å². The Labute approximate surface area is 77.0 Å². The third-order valence-corrected chi connectivity index (χ3v) is 1.93. The summed E-state index contributed by atoms with van der Waals surface area (Å²) in [5, 5.41) is 8.05. The molecule has 3 heteroatoms. The molecule has 0 amide bonds. The molecule has 0 bridgehead atoms. The van der Waals surface area contributed by atoms with Crippen molar-refractivity contribution in [1.82, 2.24) is 15.0 Å². The molecule has 66 valence electrons. The highest BCUT2D eigenvalue weighted by molar-refractivity contribution is 5.56. The number of benzene rings is 1.